The highest BCUT2D eigenvalue weighted by molar-refractivity contribution is 5.69. The van der Waals surface area contributed by atoms with Gasteiger partial charge in [-0.1, -0.05) is 6.07 Å². The number of amides is 1. The lowest BCUT2D eigenvalue weighted by atomic mass is 10.1. The first kappa shape index (κ1) is 16.0. The van der Waals surface area contributed by atoms with Crippen molar-refractivity contribution in [1.29, 1.82) is 0 Å². The number of alkyl carbamates (subject to hydrolysis) is 1. The van der Waals surface area contributed by atoms with Crippen molar-refractivity contribution in [2.45, 2.75) is 58.3 Å². The topological polar surface area (TPSA) is 50.8 Å². The first-order valence-electron chi connectivity index (χ1n) is 8.35. The summed E-state index contributed by atoms with van der Waals surface area (Å²) < 4.78 is 11.2. The van der Waals surface area contributed by atoms with Crippen LogP contribution in [0.1, 0.15) is 39.7 Å². The van der Waals surface area contributed by atoms with Gasteiger partial charge in [0.1, 0.15) is 17.5 Å². The first-order valence-corrected chi connectivity index (χ1v) is 8.35. The number of carbonyl (C=O) groups excluding carboxylic acids is 1. The molecule has 1 aromatic carbocycles. The van der Waals surface area contributed by atoms with Gasteiger partial charge in [-0.15, -0.1) is 0 Å². The molecule has 0 saturated carbocycles. The third-order valence-corrected chi connectivity index (χ3v) is 4.18. The molecule has 126 valence electrons. The molecule has 2 unspecified atom stereocenters. The van der Waals surface area contributed by atoms with Gasteiger partial charge in [-0.05, 0) is 46.2 Å². The van der Waals surface area contributed by atoms with Gasteiger partial charge in [0.05, 0.1) is 6.04 Å². The van der Waals surface area contributed by atoms with Gasteiger partial charge in [0.15, 0.2) is 0 Å². The molecule has 0 spiro atoms. The van der Waals surface area contributed by atoms with Crippen LogP contribution in [0.5, 0.6) is 5.75 Å². The number of carbonyl (C=O) groups is 1. The number of nitrogens with zero attached hydrogens (tertiary/aromatic N) is 1. The van der Waals surface area contributed by atoms with E-state index in [9.17, 15) is 4.79 Å². The summed E-state index contributed by atoms with van der Waals surface area (Å²) in [5.74, 6) is 0.999. The maximum Gasteiger partial charge on any atom is 0.407 e. The number of ether oxygens (including phenoxy) is 2. The summed E-state index contributed by atoms with van der Waals surface area (Å²) in [5, 5.41) is 2.98. The highest BCUT2D eigenvalue weighted by atomic mass is 16.6. The Morgan fingerprint density at radius 1 is 1.39 bits per heavy atom. The van der Waals surface area contributed by atoms with E-state index in [1.807, 2.05) is 32.9 Å². The van der Waals surface area contributed by atoms with Crippen molar-refractivity contribution >= 4 is 11.8 Å². The smallest absolute Gasteiger partial charge is 0.407 e. The molecule has 0 bridgehead atoms. The number of hydrogen-bond donors (Lipinski definition) is 1. The van der Waals surface area contributed by atoms with E-state index < -0.39 is 5.60 Å². The lowest BCUT2D eigenvalue weighted by Gasteiger charge is -2.23. The van der Waals surface area contributed by atoms with Gasteiger partial charge in [-0.2, -0.15) is 0 Å². The van der Waals surface area contributed by atoms with E-state index in [0.29, 0.717) is 0 Å². The lowest BCUT2D eigenvalue weighted by Crippen LogP contribution is -2.40. The van der Waals surface area contributed by atoms with Crippen LogP contribution in [0, 0.1) is 0 Å². The normalized spacial score (nSPS) is 23.4. The predicted molar refractivity (Wildman–Crippen MR) is 90.2 cm³/mol. The van der Waals surface area contributed by atoms with E-state index in [1.165, 1.54) is 11.3 Å². The second kappa shape index (κ2) is 5.95. The van der Waals surface area contributed by atoms with Gasteiger partial charge in [-0.3, -0.25) is 0 Å². The fraction of sp³-hybridized carbons (Fsp3) is 0.611. The number of nitrogens with one attached hydrogen (secondary N) is 1. The summed E-state index contributed by atoms with van der Waals surface area (Å²) in [7, 11) is 0. The minimum atomic E-state index is -0.462. The second-order valence-electron chi connectivity index (χ2n) is 7.46. The number of hydrogen-bond acceptors (Lipinski definition) is 4. The molecular weight excluding hydrogens is 292 g/mol. The number of fused-ring (bicyclic) bond motifs is 1. The van der Waals surface area contributed by atoms with Crippen LogP contribution >= 0.6 is 0 Å². The molecule has 0 aliphatic carbocycles. The number of rotatable bonds is 2. The third-order valence-electron chi connectivity index (χ3n) is 4.18. The van der Waals surface area contributed by atoms with Crippen molar-refractivity contribution in [3.8, 4) is 5.75 Å². The summed E-state index contributed by atoms with van der Waals surface area (Å²) in [6.07, 6.45) is 1.79. The zero-order chi connectivity index (χ0) is 16.6. The Balaban J connectivity index is 1.63. The first-order chi connectivity index (χ1) is 10.8. The van der Waals surface area contributed by atoms with E-state index in [2.05, 4.69) is 23.2 Å². The quantitative estimate of drug-likeness (QED) is 0.910. The van der Waals surface area contributed by atoms with Gasteiger partial charge in [-0.25, -0.2) is 4.79 Å². The van der Waals surface area contributed by atoms with Gasteiger partial charge < -0.3 is 19.7 Å². The average Bonchev–Trinajstić information content (AvgIpc) is 3.01. The van der Waals surface area contributed by atoms with E-state index in [-0.39, 0.29) is 18.2 Å². The Bertz CT molecular complexity index is 594. The molecule has 5 heteroatoms. The molecule has 2 aliphatic rings. The van der Waals surface area contributed by atoms with Crippen LogP contribution in [0.3, 0.4) is 0 Å². The van der Waals surface area contributed by atoms with Crippen molar-refractivity contribution in [2.75, 3.05) is 18.0 Å². The molecule has 1 saturated heterocycles. The minimum absolute atomic E-state index is 0.125. The zero-order valence-electron chi connectivity index (χ0n) is 14.4. The molecule has 0 radical (unpaired) electrons. The van der Waals surface area contributed by atoms with Gasteiger partial charge >= 0.3 is 6.09 Å². The monoisotopic (exact) mass is 318 g/mol. The highest BCUT2D eigenvalue weighted by Gasteiger charge is 2.30. The van der Waals surface area contributed by atoms with Gasteiger partial charge in [0.25, 0.3) is 0 Å². The van der Waals surface area contributed by atoms with Crippen LogP contribution in [0.2, 0.25) is 0 Å². The Hall–Kier alpha value is -1.91. The molecule has 5 nitrogen and oxygen atoms in total. The summed E-state index contributed by atoms with van der Waals surface area (Å²) in [6, 6.07) is 6.35. The predicted octanol–water partition coefficient (Wildman–Crippen LogP) is 3.11. The Labute approximate surface area is 137 Å². The van der Waals surface area contributed by atoms with E-state index in [4.69, 9.17) is 9.47 Å². The Morgan fingerprint density at radius 3 is 2.91 bits per heavy atom. The van der Waals surface area contributed by atoms with Crippen molar-refractivity contribution in [3.05, 3.63) is 23.8 Å². The van der Waals surface area contributed by atoms with Crippen molar-refractivity contribution in [2.24, 2.45) is 0 Å². The molecule has 3 rings (SSSR count). The summed E-state index contributed by atoms with van der Waals surface area (Å²) in [6.45, 7) is 9.47. The van der Waals surface area contributed by atoms with Gasteiger partial charge in [0.2, 0.25) is 0 Å². The molecule has 1 fully saturated rings. The average molecular weight is 318 g/mol. The van der Waals surface area contributed by atoms with Crippen LogP contribution in [0.15, 0.2) is 18.2 Å². The minimum Gasteiger partial charge on any atom is -0.490 e. The van der Waals surface area contributed by atoms with Crippen LogP contribution < -0.4 is 15.0 Å². The zero-order valence-corrected chi connectivity index (χ0v) is 14.4. The third kappa shape index (κ3) is 3.71. The van der Waals surface area contributed by atoms with Crippen LogP contribution in [0.4, 0.5) is 10.5 Å². The summed E-state index contributed by atoms with van der Waals surface area (Å²) in [4.78, 5) is 14.3. The molecule has 0 aromatic heterocycles. The van der Waals surface area contributed by atoms with E-state index >= 15 is 0 Å². The fourth-order valence-corrected chi connectivity index (χ4v) is 3.28. The van der Waals surface area contributed by atoms with Gasteiger partial charge in [0, 0.05) is 30.8 Å². The SMILES string of the molecule is CC1Cc2c(cccc2N2CCC(NC(=O)OC(C)(C)C)C2)O1. The maximum absolute atomic E-state index is 11.9. The van der Waals surface area contributed by atoms with Crippen molar-refractivity contribution in [3.63, 3.8) is 0 Å². The molecule has 2 aliphatic heterocycles. The van der Waals surface area contributed by atoms with Crippen molar-refractivity contribution in [1.82, 2.24) is 5.32 Å². The lowest BCUT2D eigenvalue weighted by molar-refractivity contribution is 0.0509. The highest BCUT2D eigenvalue weighted by Crippen LogP contribution is 2.37. The standard InChI is InChI=1S/C18H26N2O3/c1-12-10-14-15(6-5-7-16(14)22-12)20-9-8-13(11-20)19-17(21)23-18(2,3)4/h5-7,12-13H,8-11H2,1-4H3,(H,19,21). The van der Waals surface area contributed by atoms with Crippen LogP contribution in [-0.4, -0.2) is 36.9 Å². The number of anilines is 1. The van der Waals surface area contributed by atoms with E-state index in [1.54, 1.807) is 0 Å². The summed E-state index contributed by atoms with van der Waals surface area (Å²) in [5.41, 5.74) is 2.06. The molecule has 2 heterocycles. The van der Waals surface area contributed by atoms with Crippen molar-refractivity contribution < 1.29 is 14.3 Å². The second-order valence-corrected chi connectivity index (χ2v) is 7.46. The Kier molecular flexibility index (Phi) is 4.13. The largest absolute Gasteiger partial charge is 0.490 e. The van der Waals surface area contributed by atoms with E-state index in [0.717, 1.165) is 31.7 Å². The molecular formula is C18H26N2O3. The molecule has 23 heavy (non-hydrogen) atoms. The van der Waals surface area contributed by atoms with Crippen LogP contribution in [-0.2, 0) is 11.2 Å². The Morgan fingerprint density at radius 2 is 2.17 bits per heavy atom. The molecule has 1 amide bonds. The van der Waals surface area contributed by atoms with Crippen LogP contribution in [0.25, 0.3) is 0 Å². The number of benzene rings is 1. The molecule has 1 N–H and O–H groups in total. The fourth-order valence-electron chi connectivity index (χ4n) is 3.28. The molecule has 2 atom stereocenters. The summed E-state index contributed by atoms with van der Waals surface area (Å²) >= 11 is 0. The maximum atomic E-state index is 11.9. The molecule has 1 aromatic rings.